The van der Waals surface area contributed by atoms with Gasteiger partial charge in [-0.05, 0) is 54.6 Å². The van der Waals surface area contributed by atoms with Gasteiger partial charge in [0.25, 0.3) is 0 Å². The molecule has 3 heteroatoms. The molecule has 0 spiro atoms. The second-order valence-electron chi connectivity index (χ2n) is 7.80. The van der Waals surface area contributed by atoms with E-state index in [0.717, 1.165) is 24.5 Å². The molecule has 0 aromatic heterocycles. The Labute approximate surface area is 157 Å². The summed E-state index contributed by atoms with van der Waals surface area (Å²) in [6.45, 7) is 5.63. The molecule has 0 bridgehead atoms. The molecule has 1 aliphatic heterocycles. The molecule has 2 aromatic rings. The number of ether oxygens (including phenoxy) is 2. The molecule has 0 saturated heterocycles. The topological polar surface area (TPSA) is 21.7 Å². The molecular formula is C23H31NO2. The average Bonchev–Trinajstić information content (AvgIpc) is 2.77. The van der Waals surface area contributed by atoms with Gasteiger partial charge in [-0.3, -0.25) is 0 Å². The molecule has 0 unspecified atom stereocenters. The third-order valence-electron chi connectivity index (χ3n) is 5.52. The van der Waals surface area contributed by atoms with E-state index in [-0.39, 0.29) is 0 Å². The molecule has 0 amide bonds. The first-order chi connectivity index (χ1) is 12.5. The third kappa shape index (κ3) is 3.88. The van der Waals surface area contributed by atoms with Gasteiger partial charge in [-0.1, -0.05) is 44.2 Å². The Bertz CT molecular complexity index is 726. The standard InChI is InChI=1S/C23H31NO2/c1-16(2)11-19-12-18-13-22(25-4)23(26-5)14-20(18)21(15-24(19)3)17-9-7-6-8-10-17/h6-10,13-14,16,19,21H,11-12,15H2,1-5H3/t19-,21+/m1/s1. The maximum Gasteiger partial charge on any atom is 0.161 e. The first-order valence-corrected chi connectivity index (χ1v) is 9.53. The molecule has 0 N–H and O–H groups in total. The summed E-state index contributed by atoms with van der Waals surface area (Å²) in [6, 6.07) is 15.7. The van der Waals surface area contributed by atoms with E-state index in [0.29, 0.717) is 17.9 Å². The SMILES string of the molecule is COc1cc2c(cc1OC)[C@H](c1ccccc1)CN(C)[C@H](CC(C)C)C2. The number of hydrogen-bond acceptors (Lipinski definition) is 3. The molecule has 3 rings (SSSR count). The van der Waals surface area contributed by atoms with E-state index in [4.69, 9.17) is 9.47 Å². The Kier molecular flexibility index (Phi) is 5.87. The fourth-order valence-electron chi connectivity index (χ4n) is 4.16. The summed E-state index contributed by atoms with van der Waals surface area (Å²) in [6.07, 6.45) is 2.25. The van der Waals surface area contributed by atoms with E-state index in [1.807, 2.05) is 0 Å². The van der Waals surface area contributed by atoms with E-state index < -0.39 is 0 Å². The van der Waals surface area contributed by atoms with Crippen LogP contribution in [0.3, 0.4) is 0 Å². The molecular weight excluding hydrogens is 322 g/mol. The van der Waals surface area contributed by atoms with Crippen molar-refractivity contribution in [3.8, 4) is 11.5 Å². The highest BCUT2D eigenvalue weighted by Gasteiger charge is 2.30. The van der Waals surface area contributed by atoms with Crippen LogP contribution in [-0.4, -0.2) is 38.8 Å². The van der Waals surface area contributed by atoms with Crippen molar-refractivity contribution in [1.82, 2.24) is 4.90 Å². The van der Waals surface area contributed by atoms with E-state index in [9.17, 15) is 0 Å². The monoisotopic (exact) mass is 353 g/mol. The lowest BCUT2D eigenvalue weighted by atomic mass is 9.87. The van der Waals surface area contributed by atoms with Crippen LogP contribution in [0.2, 0.25) is 0 Å². The number of rotatable bonds is 5. The van der Waals surface area contributed by atoms with Crippen molar-refractivity contribution < 1.29 is 9.47 Å². The van der Waals surface area contributed by atoms with Crippen LogP contribution in [0.25, 0.3) is 0 Å². The van der Waals surface area contributed by atoms with Crippen molar-refractivity contribution in [3.63, 3.8) is 0 Å². The van der Waals surface area contributed by atoms with Gasteiger partial charge in [-0.15, -0.1) is 0 Å². The lowest BCUT2D eigenvalue weighted by molar-refractivity contribution is 0.213. The van der Waals surface area contributed by atoms with Crippen LogP contribution in [0.5, 0.6) is 11.5 Å². The van der Waals surface area contributed by atoms with E-state index >= 15 is 0 Å². The van der Waals surface area contributed by atoms with Crippen LogP contribution in [-0.2, 0) is 6.42 Å². The van der Waals surface area contributed by atoms with Crippen molar-refractivity contribution in [2.75, 3.05) is 27.8 Å². The Morgan fingerprint density at radius 1 is 1.04 bits per heavy atom. The van der Waals surface area contributed by atoms with Crippen molar-refractivity contribution in [2.45, 2.75) is 38.6 Å². The second kappa shape index (κ2) is 8.13. The van der Waals surface area contributed by atoms with E-state index in [1.165, 1.54) is 23.1 Å². The second-order valence-corrected chi connectivity index (χ2v) is 7.80. The molecule has 0 saturated carbocycles. The number of hydrogen-bond donors (Lipinski definition) is 0. The minimum absolute atomic E-state index is 0.341. The van der Waals surface area contributed by atoms with Crippen molar-refractivity contribution >= 4 is 0 Å². The number of likely N-dealkylation sites (N-methyl/N-ethyl adjacent to an activating group) is 1. The summed E-state index contributed by atoms with van der Waals surface area (Å²) in [5.41, 5.74) is 4.11. The van der Waals surface area contributed by atoms with Gasteiger partial charge >= 0.3 is 0 Å². The van der Waals surface area contributed by atoms with Crippen molar-refractivity contribution in [1.29, 1.82) is 0 Å². The molecule has 0 fully saturated rings. The Morgan fingerprint density at radius 3 is 2.31 bits per heavy atom. The summed E-state index contributed by atoms with van der Waals surface area (Å²) >= 11 is 0. The Morgan fingerprint density at radius 2 is 1.69 bits per heavy atom. The van der Waals surface area contributed by atoms with Gasteiger partial charge in [-0.25, -0.2) is 0 Å². The van der Waals surface area contributed by atoms with Gasteiger partial charge in [0.05, 0.1) is 14.2 Å². The smallest absolute Gasteiger partial charge is 0.161 e. The van der Waals surface area contributed by atoms with Gasteiger partial charge in [0.15, 0.2) is 11.5 Å². The van der Waals surface area contributed by atoms with Crippen LogP contribution >= 0.6 is 0 Å². The third-order valence-corrected chi connectivity index (χ3v) is 5.52. The van der Waals surface area contributed by atoms with Gasteiger partial charge in [0, 0.05) is 18.5 Å². The first kappa shape index (κ1) is 18.8. The first-order valence-electron chi connectivity index (χ1n) is 9.53. The summed E-state index contributed by atoms with van der Waals surface area (Å²) in [5.74, 6) is 2.66. The maximum absolute atomic E-state index is 5.61. The average molecular weight is 354 g/mol. The number of benzene rings is 2. The van der Waals surface area contributed by atoms with Crippen LogP contribution in [0, 0.1) is 5.92 Å². The molecule has 0 aliphatic carbocycles. The van der Waals surface area contributed by atoms with Crippen molar-refractivity contribution in [3.05, 3.63) is 59.2 Å². The minimum atomic E-state index is 0.341. The van der Waals surface area contributed by atoms with Crippen LogP contribution < -0.4 is 9.47 Å². The highest BCUT2D eigenvalue weighted by atomic mass is 16.5. The summed E-state index contributed by atoms with van der Waals surface area (Å²) in [7, 11) is 5.70. The van der Waals surface area contributed by atoms with Gasteiger partial charge in [0.2, 0.25) is 0 Å². The Hall–Kier alpha value is -2.00. The summed E-state index contributed by atoms with van der Waals surface area (Å²) < 4.78 is 11.2. The maximum atomic E-state index is 5.61. The van der Waals surface area contributed by atoms with Crippen molar-refractivity contribution in [2.24, 2.45) is 5.92 Å². The predicted octanol–water partition coefficient (Wildman–Crippen LogP) is 4.74. The zero-order chi connectivity index (χ0) is 18.7. The largest absolute Gasteiger partial charge is 0.493 e. The molecule has 2 aromatic carbocycles. The van der Waals surface area contributed by atoms with Gasteiger partial charge in [0.1, 0.15) is 0 Å². The fraction of sp³-hybridized carbons (Fsp3) is 0.478. The lowest BCUT2D eigenvalue weighted by Crippen LogP contribution is -2.35. The van der Waals surface area contributed by atoms with Crippen LogP contribution in [0.15, 0.2) is 42.5 Å². The molecule has 140 valence electrons. The number of nitrogens with zero attached hydrogens (tertiary/aromatic N) is 1. The molecule has 0 radical (unpaired) electrons. The summed E-state index contributed by atoms with van der Waals surface area (Å²) in [4.78, 5) is 2.54. The normalized spacial score (nSPS) is 20.5. The lowest BCUT2D eigenvalue weighted by Gasteiger charge is -2.29. The minimum Gasteiger partial charge on any atom is -0.493 e. The van der Waals surface area contributed by atoms with Crippen LogP contribution in [0.4, 0.5) is 0 Å². The molecule has 2 atom stereocenters. The quantitative estimate of drug-likeness (QED) is 0.775. The van der Waals surface area contributed by atoms with E-state index in [2.05, 4.69) is 68.3 Å². The highest BCUT2D eigenvalue weighted by molar-refractivity contribution is 5.51. The number of fused-ring (bicyclic) bond motifs is 1. The van der Waals surface area contributed by atoms with E-state index in [1.54, 1.807) is 14.2 Å². The fourth-order valence-corrected chi connectivity index (χ4v) is 4.16. The summed E-state index contributed by atoms with van der Waals surface area (Å²) in [5, 5.41) is 0. The Balaban J connectivity index is 2.11. The predicted molar refractivity (Wildman–Crippen MR) is 107 cm³/mol. The molecule has 1 heterocycles. The zero-order valence-electron chi connectivity index (χ0n) is 16.7. The van der Waals surface area contributed by atoms with Gasteiger partial charge in [-0.2, -0.15) is 0 Å². The highest BCUT2D eigenvalue weighted by Crippen LogP contribution is 2.40. The zero-order valence-corrected chi connectivity index (χ0v) is 16.7. The molecule has 1 aliphatic rings. The van der Waals surface area contributed by atoms with Gasteiger partial charge < -0.3 is 14.4 Å². The van der Waals surface area contributed by atoms with Crippen LogP contribution in [0.1, 0.15) is 42.9 Å². The molecule has 3 nitrogen and oxygen atoms in total. The molecule has 26 heavy (non-hydrogen) atoms. The number of methoxy groups -OCH3 is 2.